The van der Waals surface area contributed by atoms with Crippen molar-refractivity contribution in [2.24, 2.45) is 0 Å². The first kappa shape index (κ1) is 17.7. The zero-order valence-electron chi connectivity index (χ0n) is 13.1. The van der Waals surface area contributed by atoms with Crippen LogP contribution in [-0.2, 0) is 4.79 Å². The molecule has 1 atom stereocenters. The molecule has 1 aromatic heterocycles. The molecule has 0 aliphatic heterocycles. The number of ether oxygens (including phenoxy) is 1. The molecule has 124 valence electrons. The van der Waals surface area contributed by atoms with Gasteiger partial charge in [0, 0.05) is 5.25 Å². The van der Waals surface area contributed by atoms with E-state index in [1.165, 1.54) is 35.6 Å². The Kier molecular flexibility index (Phi) is 6.35. The highest BCUT2D eigenvalue weighted by molar-refractivity contribution is 8.01. The highest BCUT2D eigenvalue weighted by Gasteiger charge is 2.20. The second-order valence-corrected chi connectivity index (χ2v) is 7.80. The normalized spacial score (nSPS) is 12.2. The Balaban J connectivity index is 1.96. The maximum Gasteiger partial charge on any atom is 0.267 e. The summed E-state index contributed by atoms with van der Waals surface area (Å²) in [5.41, 5.74) is 0. The van der Waals surface area contributed by atoms with Crippen molar-refractivity contribution in [1.82, 2.24) is 10.2 Å². The number of hydrogen-bond acceptors (Lipinski definition) is 6. The lowest BCUT2D eigenvalue weighted by Crippen LogP contribution is -2.32. The minimum atomic E-state index is -0.675. The Hall–Kier alpha value is -1.67. The molecule has 5 nitrogen and oxygen atoms in total. The number of nitrogens with one attached hydrogen (secondary N) is 1. The van der Waals surface area contributed by atoms with E-state index in [-0.39, 0.29) is 11.7 Å². The fourth-order valence-electron chi connectivity index (χ4n) is 1.70. The molecule has 1 aromatic carbocycles. The van der Waals surface area contributed by atoms with E-state index in [4.69, 9.17) is 4.74 Å². The molecule has 0 radical (unpaired) electrons. The molecule has 1 amide bonds. The fraction of sp³-hybridized carbons (Fsp3) is 0.400. The third-order valence-corrected chi connectivity index (χ3v) is 4.66. The van der Waals surface area contributed by atoms with Gasteiger partial charge < -0.3 is 4.74 Å². The quantitative estimate of drug-likeness (QED) is 0.601. The van der Waals surface area contributed by atoms with Crippen molar-refractivity contribution in [2.75, 3.05) is 5.32 Å². The largest absolute Gasteiger partial charge is 0.481 e. The molecular weight excluding hydrogens is 337 g/mol. The van der Waals surface area contributed by atoms with Crippen LogP contribution >= 0.6 is 23.1 Å². The number of anilines is 1. The number of thioether (sulfide) groups is 1. The number of halogens is 1. The summed E-state index contributed by atoms with van der Waals surface area (Å²) in [4.78, 5) is 12.3. The molecule has 0 saturated carbocycles. The lowest BCUT2D eigenvalue weighted by molar-refractivity contribution is -0.122. The summed E-state index contributed by atoms with van der Waals surface area (Å²) in [5.74, 6) is -0.199. The number of rotatable bonds is 7. The van der Waals surface area contributed by atoms with E-state index in [1.807, 2.05) is 6.92 Å². The van der Waals surface area contributed by atoms with E-state index in [9.17, 15) is 9.18 Å². The van der Waals surface area contributed by atoms with Crippen LogP contribution in [0.3, 0.4) is 0 Å². The Bertz CT molecular complexity index is 646. The number of benzene rings is 1. The SMILES string of the molecule is CC[C@H](Oc1ccc(F)cc1)C(=O)Nc1nnc(SC(C)C)s1. The van der Waals surface area contributed by atoms with Crippen LogP contribution in [0.15, 0.2) is 28.6 Å². The molecule has 8 heteroatoms. The Morgan fingerprint density at radius 2 is 2.04 bits per heavy atom. The number of carbonyl (C=O) groups is 1. The topological polar surface area (TPSA) is 64.1 Å². The summed E-state index contributed by atoms with van der Waals surface area (Å²) in [5, 5.41) is 11.5. The second kappa shape index (κ2) is 8.26. The molecule has 0 saturated heterocycles. The third-order valence-electron chi connectivity index (χ3n) is 2.73. The maximum absolute atomic E-state index is 12.9. The first-order valence-corrected chi connectivity index (χ1v) is 8.90. The summed E-state index contributed by atoms with van der Waals surface area (Å²) in [6, 6.07) is 5.57. The van der Waals surface area contributed by atoms with Crippen LogP contribution < -0.4 is 10.1 Å². The zero-order chi connectivity index (χ0) is 16.8. The number of carbonyl (C=O) groups excluding carboxylic acids is 1. The van der Waals surface area contributed by atoms with E-state index in [2.05, 4.69) is 29.4 Å². The first-order chi connectivity index (χ1) is 11.0. The highest BCUT2D eigenvalue weighted by Crippen LogP contribution is 2.28. The molecule has 0 bridgehead atoms. The van der Waals surface area contributed by atoms with Gasteiger partial charge in [-0.15, -0.1) is 10.2 Å². The number of nitrogens with zero attached hydrogens (tertiary/aromatic N) is 2. The standard InChI is InChI=1S/C15H18FN3O2S2/c1-4-12(21-11-7-5-10(16)6-8-11)13(20)17-14-18-19-15(23-14)22-9(2)3/h5-9,12H,4H2,1-3H3,(H,17,18,20)/t12-/m0/s1. The summed E-state index contributed by atoms with van der Waals surface area (Å²) in [6.45, 7) is 5.97. The summed E-state index contributed by atoms with van der Waals surface area (Å²) in [7, 11) is 0. The molecule has 1 heterocycles. The van der Waals surface area contributed by atoms with Crippen LogP contribution in [0.1, 0.15) is 27.2 Å². The van der Waals surface area contributed by atoms with Crippen molar-refractivity contribution < 1.29 is 13.9 Å². The average Bonchev–Trinajstić information content (AvgIpc) is 2.92. The van der Waals surface area contributed by atoms with E-state index < -0.39 is 6.10 Å². The number of aromatic nitrogens is 2. The van der Waals surface area contributed by atoms with Crippen molar-refractivity contribution in [2.45, 2.75) is 42.9 Å². The van der Waals surface area contributed by atoms with Crippen LogP contribution in [0, 0.1) is 5.82 Å². The van der Waals surface area contributed by atoms with Gasteiger partial charge in [0.1, 0.15) is 11.6 Å². The molecule has 0 spiro atoms. The van der Waals surface area contributed by atoms with Gasteiger partial charge in [-0.05, 0) is 30.7 Å². The summed E-state index contributed by atoms with van der Waals surface area (Å²) in [6.07, 6.45) is -0.194. The Labute approximate surface area is 142 Å². The van der Waals surface area contributed by atoms with Crippen LogP contribution in [0.4, 0.5) is 9.52 Å². The van der Waals surface area contributed by atoms with Crippen LogP contribution in [0.2, 0.25) is 0 Å². The number of amides is 1. The van der Waals surface area contributed by atoms with Gasteiger partial charge in [0.2, 0.25) is 5.13 Å². The first-order valence-electron chi connectivity index (χ1n) is 7.21. The molecular formula is C15H18FN3O2S2. The van der Waals surface area contributed by atoms with Crippen molar-refractivity contribution >= 4 is 34.1 Å². The van der Waals surface area contributed by atoms with Gasteiger partial charge in [-0.3, -0.25) is 10.1 Å². The van der Waals surface area contributed by atoms with Crippen LogP contribution in [0.5, 0.6) is 5.75 Å². The smallest absolute Gasteiger partial charge is 0.267 e. The monoisotopic (exact) mass is 355 g/mol. The van der Waals surface area contributed by atoms with Gasteiger partial charge in [0.05, 0.1) is 0 Å². The lowest BCUT2D eigenvalue weighted by atomic mass is 10.2. The van der Waals surface area contributed by atoms with Crippen molar-refractivity contribution in [3.8, 4) is 5.75 Å². The minimum Gasteiger partial charge on any atom is -0.481 e. The predicted molar refractivity (Wildman–Crippen MR) is 90.6 cm³/mol. The van der Waals surface area contributed by atoms with Gasteiger partial charge in [0.25, 0.3) is 5.91 Å². The highest BCUT2D eigenvalue weighted by atomic mass is 32.2. The molecule has 2 aromatic rings. The lowest BCUT2D eigenvalue weighted by Gasteiger charge is -2.16. The van der Waals surface area contributed by atoms with Crippen molar-refractivity contribution in [3.05, 3.63) is 30.1 Å². The van der Waals surface area contributed by atoms with Gasteiger partial charge >= 0.3 is 0 Å². The zero-order valence-corrected chi connectivity index (χ0v) is 14.7. The maximum atomic E-state index is 12.9. The van der Waals surface area contributed by atoms with E-state index in [0.29, 0.717) is 22.6 Å². The van der Waals surface area contributed by atoms with E-state index in [1.54, 1.807) is 11.8 Å². The summed E-state index contributed by atoms with van der Waals surface area (Å²) >= 11 is 2.92. The molecule has 23 heavy (non-hydrogen) atoms. The summed E-state index contributed by atoms with van der Waals surface area (Å²) < 4.78 is 19.3. The van der Waals surface area contributed by atoms with Gasteiger partial charge in [-0.25, -0.2) is 4.39 Å². The van der Waals surface area contributed by atoms with Gasteiger partial charge in [-0.1, -0.05) is 43.9 Å². The Morgan fingerprint density at radius 1 is 1.35 bits per heavy atom. The molecule has 2 rings (SSSR count). The molecule has 0 unspecified atom stereocenters. The van der Waals surface area contributed by atoms with Gasteiger partial charge in [0.15, 0.2) is 10.4 Å². The van der Waals surface area contributed by atoms with E-state index in [0.717, 1.165) is 4.34 Å². The van der Waals surface area contributed by atoms with Crippen molar-refractivity contribution in [3.63, 3.8) is 0 Å². The molecule has 0 aliphatic rings. The van der Waals surface area contributed by atoms with Crippen LogP contribution in [-0.4, -0.2) is 27.5 Å². The fourth-order valence-corrected chi connectivity index (χ4v) is 3.67. The van der Waals surface area contributed by atoms with Crippen molar-refractivity contribution in [1.29, 1.82) is 0 Å². The molecule has 0 fully saturated rings. The molecule has 1 N–H and O–H groups in total. The Morgan fingerprint density at radius 3 is 2.65 bits per heavy atom. The number of hydrogen-bond donors (Lipinski definition) is 1. The third kappa shape index (κ3) is 5.47. The average molecular weight is 355 g/mol. The minimum absolute atomic E-state index is 0.297. The van der Waals surface area contributed by atoms with Crippen LogP contribution in [0.25, 0.3) is 0 Å². The predicted octanol–water partition coefficient (Wildman–Crippen LogP) is 3.97. The van der Waals surface area contributed by atoms with Gasteiger partial charge in [-0.2, -0.15) is 0 Å². The second-order valence-electron chi connectivity index (χ2n) is 5.00. The van der Waals surface area contributed by atoms with E-state index >= 15 is 0 Å². The molecule has 0 aliphatic carbocycles.